The van der Waals surface area contributed by atoms with Crippen molar-refractivity contribution in [2.24, 2.45) is 0 Å². The van der Waals surface area contributed by atoms with Crippen molar-refractivity contribution in [2.45, 2.75) is 18.9 Å². The van der Waals surface area contributed by atoms with Crippen LogP contribution in [0.3, 0.4) is 0 Å². The first-order valence-corrected chi connectivity index (χ1v) is 6.78. The van der Waals surface area contributed by atoms with E-state index in [2.05, 4.69) is 42.9 Å². The van der Waals surface area contributed by atoms with E-state index in [9.17, 15) is 0 Å². The highest BCUT2D eigenvalue weighted by Gasteiger charge is 2.25. The van der Waals surface area contributed by atoms with Gasteiger partial charge in [-0.15, -0.1) is 0 Å². The number of halogens is 1. The van der Waals surface area contributed by atoms with Crippen LogP contribution in [0.5, 0.6) is 0 Å². The number of fused-ring (bicyclic) bond motifs is 1. The minimum atomic E-state index is 0.584. The maximum Gasteiger partial charge on any atom is 0.204 e. The molecule has 0 bridgehead atoms. The Kier molecular flexibility index (Phi) is 2.59. The Morgan fingerprint density at radius 3 is 3.12 bits per heavy atom. The highest BCUT2D eigenvalue weighted by atomic mass is 79.9. The molecule has 0 amide bonds. The number of alkyl halides is 1. The number of aromatic nitrogens is 2. The number of H-pyrrole nitrogens is 1. The van der Waals surface area contributed by atoms with E-state index in [1.807, 2.05) is 12.1 Å². The summed E-state index contributed by atoms with van der Waals surface area (Å²) in [6, 6.07) is 8.77. The van der Waals surface area contributed by atoms with Gasteiger partial charge in [-0.3, -0.25) is 0 Å². The lowest BCUT2D eigenvalue weighted by Crippen LogP contribution is -2.31. The molecule has 1 fully saturated rings. The summed E-state index contributed by atoms with van der Waals surface area (Å²) in [7, 11) is 0. The smallest absolute Gasteiger partial charge is 0.204 e. The second kappa shape index (κ2) is 4.09. The lowest BCUT2D eigenvalue weighted by molar-refractivity contribution is 0.736. The van der Waals surface area contributed by atoms with Crippen molar-refractivity contribution >= 4 is 32.9 Å². The second-order valence-corrected chi connectivity index (χ2v) is 4.87. The fourth-order valence-corrected chi connectivity index (χ4v) is 3.02. The topological polar surface area (TPSA) is 31.9 Å². The first-order chi connectivity index (χ1) is 7.88. The van der Waals surface area contributed by atoms with E-state index in [1.54, 1.807) is 0 Å². The number of imidazole rings is 1. The minimum Gasteiger partial charge on any atom is -0.339 e. The van der Waals surface area contributed by atoms with E-state index in [1.165, 1.54) is 12.8 Å². The van der Waals surface area contributed by atoms with Gasteiger partial charge in [0.15, 0.2) is 0 Å². The molecule has 4 heteroatoms. The first kappa shape index (κ1) is 10.1. The molecule has 16 heavy (non-hydrogen) atoms. The van der Waals surface area contributed by atoms with Crippen LogP contribution in [-0.4, -0.2) is 27.9 Å². The van der Waals surface area contributed by atoms with Crippen molar-refractivity contribution in [2.75, 3.05) is 16.8 Å². The van der Waals surface area contributed by atoms with E-state index in [0.717, 1.165) is 28.9 Å². The molecule has 1 aromatic carbocycles. The van der Waals surface area contributed by atoms with Crippen LogP contribution in [0.4, 0.5) is 5.95 Å². The van der Waals surface area contributed by atoms with Gasteiger partial charge >= 0.3 is 0 Å². The molecule has 3 nitrogen and oxygen atoms in total. The summed E-state index contributed by atoms with van der Waals surface area (Å²) in [6.45, 7) is 1.11. The van der Waals surface area contributed by atoms with Gasteiger partial charge in [0.1, 0.15) is 0 Å². The molecule has 2 heterocycles. The fraction of sp³-hybridized carbons (Fsp3) is 0.417. The highest BCUT2D eigenvalue weighted by molar-refractivity contribution is 9.09. The predicted molar refractivity (Wildman–Crippen MR) is 70.3 cm³/mol. The molecule has 0 aliphatic carbocycles. The molecule has 1 aliphatic rings. The molecule has 3 rings (SSSR count). The average molecular weight is 280 g/mol. The zero-order valence-corrected chi connectivity index (χ0v) is 10.6. The molecular formula is C12H14BrN3. The third-order valence-electron chi connectivity index (χ3n) is 3.20. The molecule has 1 aromatic heterocycles. The van der Waals surface area contributed by atoms with Crippen LogP contribution in [0.25, 0.3) is 11.0 Å². The highest BCUT2D eigenvalue weighted by Crippen LogP contribution is 2.26. The summed E-state index contributed by atoms with van der Waals surface area (Å²) in [5.74, 6) is 1.02. The summed E-state index contributed by atoms with van der Waals surface area (Å²) in [6.07, 6.45) is 2.51. The zero-order valence-electron chi connectivity index (χ0n) is 8.99. The molecule has 1 atom stereocenters. The normalized spacial score (nSPS) is 20.8. The van der Waals surface area contributed by atoms with Gasteiger partial charge in [-0.1, -0.05) is 28.1 Å². The number of nitrogens with zero attached hydrogens (tertiary/aromatic N) is 2. The van der Waals surface area contributed by atoms with Crippen LogP contribution in [-0.2, 0) is 0 Å². The minimum absolute atomic E-state index is 0.584. The van der Waals surface area contributed by atoms with Crippen LogP contribution in [0.2, 0.25) is 0 Å². The summed E-state index contributed by atoms with van der Waals surface area (Å²) in [5.41, 5.74) is 2.18. The Morgan fingerprint density at radius 1 is 1.44 bits per heavy atom. The average Bonchev–Trinajstić information content (AvgIpc) is 2.94. The Morgan fingerprint density at radius 2 is 2.31 bits per heavy atom. The van der Waals surface area contributed by atoms with Gasteiger partial charge in [0.2, 0.25) is 5.95 Å². The lowest BCUT2D eigenvalue weighted by atomic mass is 10.2. The molecular weight excluding hydrogens is 266 g/mol. The molecule has 1 saturated heterocycles. The molecule has 0 spiro atoms. The number of hydrogen-bond acceptors (Lipinski definition) is 2. The summed E-state index contributed by atoms with van der Waals surface area (Å²) >= 11 is 3.57. The molecule has 0 radical (unpaired) electrons. The molecule has 0 saturated carbocycles. The first-order valence-electron chi connectivity index (χ1n) is 5.66. The van der Waals surface area contributed by atoms with Crippen molar-refractivity contribution in [3.8, 4) is 0 Å². The van der Waals surface area contributed by atoms with Gasteiger partial charge in [0, 0.05) is 17.9 Å². The number of hydrogen-bond donors (Lipinski definition) is 1. The number of rotatable bonds is 2. The van der Waals surface area contributed by atoms with Gasteiger partial charge in [-0.25, -0.2) is 4.98 Å². The van der Waals surface area contributed by atoms with E-state index in [-0.39, 0.29) is 0 Å². The summed E-state index contributed by atoms with van der Waals surface area (Å²) in [5, 5.41) is 1.02. The van der Waals surface area contributed by atoms with Crippen LogP contribution in [0, 0.1) is 0 Å². The predicted octanol–water partition coefficient (Wildman–Crippen LogP) is 2.93. The lowest BCUT2D eigenvalue weighted by Gasteiger charge is -2.21. The summed E-state index contributed by atoms with van der Waals surface area (Å²) in [4.78, 5) is 10.4. The van der Waals surface area contributed by atoms with E-state index in [4.69, 9.17) is 0 Å². The standard InChI is InChI=1S/C12H14BrN3/c13-8-9-4-3-7-16(9)12-14-10-5-1-2-6-11(10)15-12/h1-2,5-6,9H,3-4,7-8H2,(H,14,15). The van der Waals surface area contributed by atoms with Crippen molar-refractivity contribution in [3.05, 3.63) is 24.3 Å². The van der Waals surface area contributed by atoms with Crippen LogP contribution < -0.4 is 4.90 Å². The van der Waals surface area contributed by atoms with E-state index in [0.29, 0.717) is 6.04 Å². The number of nitrogens with one attached hydrogen (secondary N) is 1. The van der Waals surface area contributed by atoms with Crippen molar-refractivity contribution in [1.82, 2.24) is 9.97 Å². The maximum absolute atomic E-state index is 4.64. The molecule has 1 aliphatic heterocycles. The van der Waals surface area contributed by atoms with Gasteiger partial charge < -0.3 is 9.88 Å². The maximum atomic E-state index is 4.64. The zero-order chi connectivity index (χ0) is 11.0. The number of benzene rings is 1. The van der Waals surface area contributed by atoms with Gasteiger partial charge in [0.25, 0.3) is 0 Å². The van der Waals surface area contributed by atoms with E-state index < -0.39 is 0 Å². The molecule has 1 unspecified atom stereocenters. The van der Waals surface area contributed by atoms with Gasteiger partial charge in [-0.05, 0) is 25.0 Å². The monoisotopic (exact) mass is 279 g/mol. The number of aromatic amines is 1. The van der Waals surface area contributed by atoms with Crippen molar-refractivity contribution in [1.29, 1.82) is 0 Å². The Hall–Kier alpha value is -1.03. The van der Waals surface area contributed by atoms with Crippen LogP contribution in [0.1, 0.15) is 12.8 Å². The summed E-state index contributed by atoms with van der Waals surface area (Å²) < 4.78 is 0. The molecule has 84 valence electrons. The quantitative estimate of drug-likeness (QED) is 0.858. The van der Waals surface area contributed by atoms with E-state index >= 15 is 0 Å². The third-order valence-corrected chi connectivity index (χ3v) is 3.95. The Bertz CT molecular complexity index is 461. The number of para-hydroxylation sites is 2. The van der Waals surface area contributed by atoms with Crippen molar-refractivity contribution in [3.63, 3.8) is 0 Å². The largest absolute Gasteiger partial charge is 0.339 e. The fourth-order valence-electron chi connectivity index (χ4n) is 2.35. The van der Waals surface area contributed by atoms with Gasteiger partial charge in [-0.2, -0.15) is 0 Å². The number of anilines is 1. The van der Waals surface area contributed by atoms with Crippen LogP contribution in [0.15, 0.2) is 24.3 Å². The SMILES string of the molecule is BrCC1CCCN1c1nc2ccccc2[nH]1. The van der Waals surface area contributed by atoms with Crippen molar-refractivity contribution < 1.29 is 0 Å². The van der Waals surface area contributed by atoms with Crippen LogP contribution >= 0.6 is 15.9 Å². The second-order valence-electron chi connectivity index (χ2n) is 4.22. The van der Waals surface area contributed by atoms with Gasteiger partial charge in [0.05, 0.1) is 11.0 Å². The molecule has 1 N–H and O–H groups in total. The molecule has 2 aromatic rings. The Balaban J connectivity index is 1.99. The Labute approximate surface area is 103 Å². The third kappa shape index (κ3) is 1.61.